The van der Waals surface area contributed by atoms with E-state index < -0.39 is 5.91 Å². The summed E-state index contributed by atoms with van der Waals surface area (Å²) in [5.41, 5.74) is 0.352. The van der Waals surface area contributed by atoms with E-state index in [1.807, 2.05) is 17.5 Å². The number of halogens is 1. The molecule has 0 atom stereocenters. The van der Waals surface area contributed by atoms with Gasteiger partial charge in [0.05, 0.1) is 15.5 Å². The molecule has 20 heavy (non-hydrogen) atoms. The van der Waals surface area contributed by atoms with Gasteiger partial charge in [-0.2, -0.15) is 0 Å². The molecule has 3 rings (SSSR count). The molecule has 1 N–H and O–H groups in total. The van der Waals surface area contributed by atoms with Crippen molar-refractivity contribution in [3.8, 4) is 10.8 Å². The highest BCUT2D eigenvalue weighted by Crippen LogP contribution is 2.24. The number of carbonyl (C=O) groups is 1. The fourth-order valence-electron chi connectivity index (χ4n) is 1.58. The fourth-order valence-corrected chi connectivity index (χ4v) is 2.45. The van der Waals surface area contributed by atoms with Crippen LogP contribution in [-0.4, -0.2) is 16.1 Å². The Hall–Kier alpha value is -2.18. The molecule has 2 heterocycles. The van der Waals surface area contributed by atoms with Gasteiger partial charge in [0, 0.05) is 0 Å². The first-order valence-corrected chi connectivity index (χ1v) is 6.93. The standard InChI is InChI=1S/C13H8ClN3O2S/c14-9-5-2-1-4-8(9)11(18)15-13-17-16-12(19-13)10-6-3-7-20-10/h1-7H,(H,15,17,18). The molecule has 5 nitrogen and oxygen atoms in total. The molecule has 0 radical (unpaired) electrons. The number of nitrogens with one attached hydrogen (secondary N) is 1. The Morgan fingerprint density at radius 2 is 2.05 bits per heavy atom. The van der Waals surface area contributed by atoms with Crippen LogP contribution in [0.4, 0.5) is 6.01 Å². The highest BCUT2D eigenvalue weighted by molar-refractivity contribution is 7.13. The molecule has 0 unspecified atom stereocenters. The fraction of sp³-hybridized carbons (Fsp3) is 0. The van der Waals surface area contributed by atoms with Crippen LogP contribution in [-0.2, 0) is 0 Å². The average Bonchev–Trinajstić information content (AvgIpc) is 3.09. The number of thiophene rings is 1. The predicted octanol–water partition coefficient (Wildman–Crippen LogP) is 3.70. The first-order valence-electron chi connectivity index (χ1n) is 5.67. The van der Waals surface area contributed by atoms with E-state index in [1.54, 1.807) is 24.3 Å². The van der Waals surface area contributed by atoms with Crippen molar-refractivity contribution in [1.29, 1.82) is 0 Å². The maximum absolute atomic E-state index is 12.0. The van der Waals surface area contributed by atoms with Crippen molar-refractivity contribution in [2.45, 2.75) is 0 Å². The SMILES string of the molecule is O=C(Nc1nnc(-c2cccs2)o1)c1ccccc1Cl. The third kappa shape index (κ3) is 2.56. The van der Waals surface area contributed by atoms with E-state index in [4.69, 9.17) is 16.0 Å². The smallest absolute Gasteiger partial charge is 0.322 e. The molecule has 0 bridgehead atoms. The third-order valence-corrected chi connectivity index (χ3v) is 3.68. The lowest BCUT2D eigenvalue weighted by Gasteiger charge is -2.01. The van der Waals surface area contributed by atoms with E-state index in [9.17, 15) is 4.79 Å². The summed E-state index contributed by atoms with van der Waals surface area (Å²) < 4.78 is 5.37. The van der Waals surface area contributed by atoms with Crippen LogP contribution in [0.3, 0.4) is 0 Å². The maximum Gasteiger partial charge on any atom is 0.322 e. The van der Waals surface area contributed by atoms with Crippen LogP contribution < -0.4 is 5.32 Å². The van der Waals surface area contributed by atoms with Crippen LogP contribution >= 0.6 is 22.9 Å². The number of amides is 1. The lowest BCUT2D eigenvalue weighted by atomic mass is 10.2. The molecule has 2 aromatic heterocycles. The second-order valence-corrected chi connectivity index (χ2v) is 5.18. The summed E-state index contributed by atoms with van der Waals surface area (Å²) in [6.07, 6.45) is 0. The molecule has 100 valence electrons. The number of carbonyl (C=O) groups excluding carboxylic acids is 1. The lowest BCUT2D eigenvalue weighted by Crippen LogP contribution is -2.12. The lowest BCUT2D eigenvalue weighted by molar-refractivity contribution is 0.102. The number of hydrogen-bond donors (Lipinski definition) is 1. The minimum atomic E-state index is -0.392. The zero-order valence-electron chi connectivity index (χ0n) is 10.0. The van der Waals surface area contributed by atoms with Crippen molar-refractivity contribution in [3.05, 3.63) is 52.4 Å². The summed E-state index contributed by atoms with van der Waals surface area (Å²) in [6.45, 7) is 0. The molecule has 3 aromatic rings. The largest absolute Gasteiger partial charge is 0.402 e. The van der Waals surface area contributed by atoms with Crippen molar-refractivity contribution in [1.82, 2.24) is 10.2 Å². The summed E-state index contributed by atoms with van der Waals surface area (Å²) in [6, 6.07) is 10.5. The molecule has 0 saturated carbocycles. The van der Waals surface area contributed by atoms with Crippen molar-refractivity contribution in [2.75, 3.05) is 5.32 Å². The number of aromatic nitrogens is 2. The molecule has 0 aliphatic rings. The molecule has 0 spiro atoms. The minimum Gasteiger partial charge on any atom is -0.402 e. The highest BCUT2D eigenvalue weighted by Gasteiger charge is 2.14. The Labute approximate surface area is 123 Å². The Morgan fingerprint density at radius 1 is 1.20 bits per heavy atom. The van der Waals surface area contributed by atoms with Crippen molar-refractivity contribution in [2.24, 2.45) is 0 Å². The quantitative estimate of drug-likeness (QED) is 0.801. The molecular weight excluding hydrogens is 298 g/mol. The molecule has 0 fully saturated rings. The normalized spacial score (nSPS) is 10.4. The summed E-state index contributed by atoms with van der Waals surface area (Å²) in [7, 11) is 0. The minimum absolute atomic E-state index is 0.0401. The molecule has 0 aliphatic heterocycles. The van der Waals surface area contributed by atoms with Gasteiger partial charge in [-0.3, -0.25) is 10.1 Å². The van der Waals surface area contributed by atoms with Crippen LogP contribution in [0.15, 0.2) is 46.2 Å². The number of rotatable bonds is 3. The average molecular weight is 306 g/mol. The van der Waals surface area contributed by atoms with Gasteiger partial charge in [0.1, 0.15) is 0 Å². The van der Waals surface area contributed by atoms with E-state index in [0.29, 0.717) is 16.5 Å². The van der Waals surface area contributed by atoms with Crippen LogP contribution in [0.25, 0.3) is 10.8 Å². The molecule has 0 aliphatic carbocycles. The van der Waals surface area contributed by atoms with Gasteiger partial charge in [-0.15, -0.1) is 16.4 Å². The molecular formula is C13H8ClN3O2S. The van der Waals surface area contributed by atoms with Gasteiger partial charge >= 0.3 is 6.01 Å². The monoisotopic (exact) mass is 305 g/mol. The zero-order chi connectivity index (χ0) is 13.9. The molecule has 0 saturated heterocycles. The van der Waals surface area contributed by atoms with Crippen LogP contribution in [0.2, 0.25) is 5.02 Å². The number of nitrogens with zero attached hydrogens (tertiary/aromatic N) is 2. The summed E-state index contributed by atoms with van der Waals surface area (Å²) >= 11 is 7.42. The second kappa shape index (κ2) is 5.44. The van der Waals surface area contributed by atoms with E-state index in [-0.39, 0.29) is 6.01 Å². The maximum atomic E-state index is 12.0. The summed E-state index contributed by atoms with van der Waals surface area (Å²) in [5.74, 6) is -0.0218. The van der Waals surface area contributed by atoms with Crippen LogP contribution in [0, 0.1) is 0 Å². The number of hydrogen-bond acceptors (Lipinski definition) is 5. The predicted molar refractivity (Wildman–Crippen MR) is 77.0 cm³/mol. The van der Waals surface area contributed by atoms with Crippen LogP contribution in [0.1, 0.15) is 10.4 Å². The Morgan fingerprint density at radius 3 is 2.80 bits per heavy atom. The van der Waals surface area contributed by atoms with Gasteiger partial charge in [0.15, 0.2) is 0 Å². The third-order valence-electron chi connectivity index (χ3n) is 2.50. The van der Waals surface area contributed by atoms with E-state index in [0.717, 1.165) is 4.88 Å². The van der Waals surface area contributed by atoms with Gasteiger partial charge in [-0.1, -0.05) is 34.9 Å². The van der Waals surface area contributed by atoms with Crippen molar-refractivity contribution < 1.29 is 9.21 Å². The zero-order valence-corrected chi connectivity index (χ0v) is 11.6. The topological polar surface area (TPSA) is 68.0 Å². The van der Waals surface area contributed by atoms with Crippen molar-refractivity contribution in [3.63, 3.8) is 0 Å². The number of benzene rings is 1. The Balaban J connectivity index is 1.79. The van der Waals surface area contributed by atoms with E-state index in [1.165, 1.54) is 11.3 Å². The summed E-state index contributed by atoms with van der Waals surface area (Å²) in [5, 5.41) is 12.4. The van der Waals surface area contributed by atoms with Gasteiger partial charge < -0.3 is 4.42 Å². The van der Waals surface area contributed by atoms with Gasteiger partial charge in [-0.25, -0.2) is 0 Å². The van der Waals surface area contributed by atoms with Gasteiger partial charge in [0.2, 0.25) is 0 Å². The second-order valence-electron chi connectivity index (χ2n) is 3.82. The Bertz CT molecular complexity index is 740. The highest BCUT2D eigenvalue weighted by atomic mass is 35.5. The molecule has 1 amide bonds. The van der Waals surface area contributed by atoms with Crippen LogP contribution in [0.5, 0.6) is 0 Å². The Kier molecular flexibility index (Phi) is 3.49. The van der Waals surface area contributed by atoms with E-state index >= 15 is 0 Å². The first kappa shape index (κ1) is 12.8. The molecule has 7 heteroatoms. The van der Waals surface area contributed by atoms with Crippen molar-refractivity contribution >= 4 is 34.9 Å². The summed E-state index contributed by atoms with van der Waals surface area (Å²) in [4.78, 5) is 12.9. The van der Waals surface area contributed by atoms with Gasteiger partial charge in [0.25, 0.3) is 11.8 Å². The first-order chi connectivity index (χ1) is 9.74. The molecule has 1 aromatic carbocycles. The van der Waals surface area contributed by atoms with E-state index in [2.05, 4.69) is 15.5 Å². The van der Waals surface area contributed by atoms with Gasteiger partial charge in [-0.05, 0) is 23.6 Å². The number of anilines is 1.